The first kappa shape index (κ1) is 11.5. The van der Waals surface area contributed by atoms with Crippen molar-refractivity contribution >= 4 is 0 Å². The molecule has 0 N–H and O–H groups in total. The van der Waals surface area contributed by atoms with E-state index in [1.807, 2.05) is 0 Å². The van der Waals surface area contributed by atoms with Gasteiger partial charge in [0.15, 0.2) is 0 Å². The SMILES string of the molecule is CCC(C1[CH]CCCC1)C1[CH]CCCC1. The topological polar surface area (TPSA) is 0 Å². The molecule has 0 nitrogen and oxygen atoms in total. The van der Waals surface area contributed by atoms with Gasteiger partial charge in [0.25, 0.3) is 0 Å². The fourth-order valence-corrected chi connectivity index (χ4v) is 3.65. The van der Waals surface area contributed by atoms with Crippen molar-refractivity contribution in [3.63, 3.8) is 0 Å². The molecule has 2 aliphatic rings. The third kappa shape index (κ3) is 2.98. The minimum atomic E-state index is 0.947. The second-order valence-corrected chi connectivity index (χ2v) is 5.44. The molecule has 0 bridgehead atoms. The zero-order valence-electron chi connectivity index (χ0n) is 10.3. The monoisotopic (exact) mass is 206 g/mol. The molecule has 2 rings (SSSR count). The molecular formula is C15H26. The maximum absolute atomic E-state index is 2.64. The number of hydrogen-bond donors (Lipinski definition) is 0. The summed E-state index contributed by atoms with van der Waals surface area (Å²) in [5.74, 6) is 2.87. The Kier molecular flexibility index (Phi) is 4.53. The molecule has 0 aliphatic heterocycles. The minimum absolute atomic E-state index is 0.947. The van der Waals surface area contributed by atoms with Crippen LogP contribution < -0.4 is 0 Å². The second-order valence-electron chi connectivity index (χ2n) is 5.44. The van der Waals surface area contributed by atoms with Gasteiger partial charge >= 0.3 is 0 Å². The van der Waals surface area contributed by atoms with Crippen LogP contribution in [0.2, 0.25) is 0 Å². The lowest BCUT2D eigenvalue weighted by Crippen LogP contribution is -2.27. The Hall–Kier alpha value is 0. The fraction of sp³-hybridized carbons (Fsp3) is 0.867. The van der Waals surface area contributed by atoms with Crippen LogP contribution in [0.4, 0.5) is 0 Å². The number of rotatable bonds is 3. The normalized spacial score (nSPS) is 26.0. The van der Waals surface area contributed by atoms with E-state index in [0.717, 1.165) is 17.8 Å². The molecule has 0 aromatic carbocycles. The zero-order valence-corrected chi connectivity index (χ0v) is 10.3. The molecule has 2 radical (unpaired) electrons. The first-order valence-electron chi connectivity index (χ1n) is 7.08. The summed E-state index contributed by atoms with van der Waals surface area (Å²) in [6.07, 6.45) is 18.2. The molecule has 15 heavy (non-hydrogen) atoms. The molecule has 2 aliphatic carbocycles. The molecule has 2 unspecified atom stereocenters. The summed E-state index contributed by atoms with van der Waals surface area (Å²) in [7, 11) is 0. The van der Waals surface area contributed by atoms with Gasteiger partial charge in [0.2, 0.25) is 0 Å². The predicted octanol–water partition coefficient (Wildman–Crippen LogP) is 4.80. The molecule has 0 spiro atoms. The molecule has 0 heteroatoms. The van der Waals surface area contributed by atoms with E-state index in [4.69, 9.17) is 0 Å². The maximum atomic E-state index is 2.64. The molecule has 2 saturated carbocycles. The van der Waals surface area contributed by atoms with Crippen molar-refractivity contribution in [2.45, 2.75) is 64.7 Å². The van der Waals surface area contributed by atoms with Crippen molar-refractivity contribution in [2.24, 2.45) is 17.8 Å². The van der Waals surface area contributed by atoms with E-state index < -0.39 is 0 Å². The summed E-state index contributed by atoms with van der Waals surface area (Å²) in [6, 6.07) is 0. The lowest BCUT2D eigenvalue weighted by atomic mass is 9.69. The van der Waals surface area contributed by atoms with Crippen LogP contribution in [0.25, 0.3) is 0 Å². The molecule has 2 atom stereocenters. The summed E-state index contributed by atoms with van der Waals surface area (Å²) in [6.45, 7) is 2.40. The van der Waals surface area contributed by atoms with Crippen molar-refractivity contribution in [3.05, 3.63) is 12.8 Å². The molecule has 0 saturated heterocycles. The van der Waals surface area contributed by atoms with Crippen molar-refractivity contribution in [1.29, 1.82) is 0 Å². The van der Waals surface area contributed by atoms with E-state index in [0.29, 0.717) is 0 Å². The third-order valence-electron chi connectivity index (χ3n) is 4.49. The lowest BCUT2D eigenvalue weighted by Gasteiger charge is -2.37. The van der Waals surface area contributed by atoms with Crippen molar-refractivity contribution < 1.29 is 0 Å². The van der Waals surface area contributed by atoms with Crippen LogP contribution in [0.15, 0.2) is 0 Å². The Morgan fingerprint density at radius 1 is 0.933 bits per heavy atom. The largest absolute Gasteiger partial charge is 0.0651 e. The fourth-order valence-electron chi connectivity index (χ4n) is 3.65. The molecule has 86 valence electrons. The molecule has 0 amide bonds. The second kappa shape index (κ2) is 5.92. The number of hydrogen-bond acceptors (Lipinski definition) is 0. The summed E-state index contributed by atoms with van der Waals surface area (Å²) >= 11 is 0. The molecule has 0 aromatic heterocycles. The Morgan fingerprint density at radius 3 is 1.80 bits per heavy atom. The van der Waals surface area contributed by atoms with Gasteiger partial charge in [0.1, 0.15) is 0 Å². The third-order valence-corrected chi connectivity index (χ3v) is 4.49. The quantitative estimate of drug-likeness (QED) is 0.622. The van der Waals surface area contributed by atoms with Gasteiger partial charge in [-0.1, -0.05) is 39.0 Å². The van der Waals surface area contributed by atoms with Gasteiger partial charge < -0.3 is 0 Å². The van der Waals surface area contributed by atoms with Gasteiger partial charge in [-0.3, -0.25) is 0 Å². The highest BCUT2D eigenvalue weighted by molar-refractivity contribution is 4.93. The molecule has 2 fully saturated rings. The van der Waals surface area contributed by atoms with Crippen LogP contribution in [0.1, 0.15) is 64.7 Å². The first-order valence-corrected chi connectivity index (χ1v) is 7.08. The summed E-state index contributed by atoms with van der Waals surface area (Å²) in [4.78, 5) is 0. The van der Waals surface area contributed by atoms with Crippen LogP contribution in [-0.2, 0) is 0 Å². The van der Waals surface area contributed by atoms with Crippen LogP contribution in [0, 0.1) is 30.6 Å². The Morgan fingerprint density at radius 2 is 1.47 bits per heavy atom. The summed E-state index contributed by atoms with van der Waals surface area (Å²) < 4.78 is 0. The van der Waals surface area contributed by atoms with Crippen LogP contribution in [0.3, 0.4) is 0 Å². The lowest BCUT2D eigenvalue weighted by molar-refractivity contribution is 0.205. The smallest absolute Gasteiger partial charge is 0.0352 e. The molecular weight excluding hydrogens is 180 g/mol. The van der Waals surface area contributed by atoms with Gasteiger partial charge in [0, 0.05) is 0 Å². The molecule has 0 heterocycles. The van der Waals surface area contributed by atoms with Gasteiger partial charge in [-0.25, -0.2) is 0 Å². The van der Waals surface area contributed by atoms with Gasteiger partial charge in [-0.2, -0.15) is 0 Å². The predicted molar refractivity (Wildman–Crippen MR) is 66.3 cm³/mol. The Labute approximate surface area is 95.8 Å². The van der Waals surface area contributed by atoms with Gasteiger partial charge in [0.05, 0.1) is 0 Å². The van der Waals surface area contributed by atoms with Crippen molar-refractivity contribution in [2.75, 3.05) is 0 Å². The Balaban J connectivity index is 1.88. The average molecular weight is 206 g/mol. The highest BCUT2D eigenvalue weighted by atomic mass is 14.3. The van der Waals surface area contributed by atoms with Crippen molar-refractivity contribution in [1.82, 2.24) is 0 Å². The summed E-state index contributed by atoms with van der Waals surface area (Å²) in [5, 5.41) is 0. The highest BCUT2D eigenvalue weighted by Gasteiger charge is 2.30. The Bertz CT molecular complexity index is 143. The van der Waals surface area contributed by atoms with Gasteiger partial charge in [-0.05, 0) is 56.3 Å². The zero-order chi connectivity index (χ0) is 10.5. The first-order chi connectivity index (χ1) is 7.42. The van der Waals surface area contributed by atoms with E-state index in [1.165, 1.54) is 57.8 Å². The summed E-state index contributed by atoms with van der Waals surface area (Å²) in [5.41, 5.74) is 0. The van der Waals surface area contributed by atoms with Crippen LogP contribution >= 0.6 is 0 Å². The van der Waals surface area contributed by atoms with E-state index >= 15 is 0 Å². The maximum Gasteiger partial charge on any atom is -0.0352 e. The van der Waals surface area contributed by atoms with E-state index in [2.05, 4.69) is 19.8 Å². The van der Waals surface area contributed by atoms with E-state index in [-0.39, 0.29) is 0 Å². The van der Waals surface area contributed by atoms with E-state index in [1.54, 1.807) is 0 Å². The van der Waals surface area contributed by atoms with E-state index in [9.17, 15) is 0 Å². The highest BCUT2D eigenvalue weighted by Crippen LogP contribution is 2.40. The average Bonchev–Trinajstić information content (AvgIpc) is 2.33. The van der Waals surface area contributed by atoms with Crippen LogP contribution in [0.5, 0.6) is 0 Å². The van der Waals surface area contributed by atoms with Crippen LogP contribution in [-0.4, -0.2) is 0 Å². The molecule has 0 aromatic rings. The van der Waals surface area contributed by atoms with Gasteiger partial charge in [-0.15, -0.1) is 0 Å². The standard InChI is InChI=1S/C15H26/c1-2-15(13-9-5-3-6-10-13)14-11-7-4-8-12-14/h9,11,13-15H,2-8,10,12H2,1H3. The minimum Gasteiger partial charge on any atom is -0.0651 e. The van der Waals surface area contributed by atoms with Crippen molar-refractivity contribution in [3.8, 4) is 0 Å².